The zero-order valence-corrected chi connectivity index (χ0v) is 13.2. The predicted octanol–water partition coefficient (Wildman–Crippen LogP) is 3.19. The first-order valence-corrected chi connectivity index (χ1v) is 7.65. The molecule has 110 valence electrons. The highest BCUT2D eigenvalue weighted by molar-refractivity contribution is 6.33. The van der Waals surface area contributed by atoms with Gasteiger partial charge in [-0.2, -0.15) is 0 Å². The fourth-order valence-electron chi connectivity index (χ4n) is 2.73. The van der Waals surface area contributed by atoms with Gasteiger partial charge in [-0.05, 0) is 31.4 Å². The number of piperazine rings is 1. The normalized spacial score (nSPS) is 23.1. The average Bonchev–Trinajstić information content (AvgIpc) is 2.40. The molecule has 0 bridgehead atoms. The Hall–Kier alpha value is -1.06. The summed E-state index contributed by atoms with van der Waals surface area (Å²) in [6, 6.07) is 7.85. The highest BCUT2D eigenvalue weighted by Crippen LogP contribution is 2.21. The summed E-state index contributed by atoms with van der Waals surface area (Å²) < 4.78 is 0. The van der Waals surface area contributed by atoms with Crippen molar-refractivity contribution in [3.63, 3.8) is 0 Å². The van der Waals surface area contributed by atoms with E-state index in [0.29, 0.717) is 22.5 Å². The molecule has 0 aliphatic carbocycles. The van der Waals surface area contributed by atoms with E-state index in [2.05, 4.69) is 26.1 Å². The average molecular weight is 295 g/mol. The Kier molecular flexibility index (Phi) is 5.06. The zero-order chi connectivity index (χ0) is 14.7. The third kappa shape index (κ3) is 3.53. The van der Waals surface area contributed by atoms with Gasteiger partial charge in [0.2, 0.25) is 0 Å². The van der Waals surface area contributed by atoms with Crippen LogP contribution < -0.4 is 5.32 Å². The maximum Gasteiger partial charge on any atom is 0.255 e. The van der Waals surface area contributed by atoms with E-state index < -0.39 is 0 Å². The van der Waals surface area contributed by atoms with Gasteiger partial charge in [0.1, 0.15) is 0 Å². The van der Waals surface area contributed by atoms with Crippen LogP contribution in [0.25, 0.3) is 0 Å². The minimum atomic E-state index is 0.0401. The fraction of sp³-hybridized carbons (Fsp3) is 0.562. The molecule has 4 heteroatoms. The summed E-state index contributed by atoms with van der Waals surface area (Å²) in [5, 5.41) is 4.06. The van der Waals surface area contributed by atoms with Gasteiger partial charge in [-0.3, -0.25) is 4.79 Å². The molecule has 1 saturated heterocycles. The largest absolute Gasteiger partial charge is 0.333 e. The molecule has 20 heavy (non-hydrogen) atoms. The van der Waals surface area contributed by atoms with Crippen LogP contribution in [0.1, 0.15) is 37.6 Å². The topological polar surface area (TPSA) is 32.3 Å². The molecule has 2 atom stereocenters. The van der Waals surface area contributed by atoms with Gasteiger partial charge in [0, 0.05) is 25.2 Å². The molecule has 1 amide bonds. The molecular weight excluding hydrogens is 272 g/mol. The minimum Gasteiger partial charge on any atom is -0.333 e. The Bertz CT molecular complexity index is 475. The van der Waals surface area contributed by atoms with Gasteiger partial charge in [0.25, 0.3) is 5.91 Å². The van der Waals surface area contributed by atoms with Crippen LogP contribution in [0.4, 0.5) is 0 Å². The van der Waals surface area contributed by atoms with Crippen LogP contribution in [0.3, 0.4) is 0 Å². The smallest absolute Gasteiger partial charge is 0.255 e. The summed E-state index contributed by atoms with van der Waals surface area (Å²) >= 11 is 6.14. The SMILES string of the molecule is CC(C)CC1CN(C(=O)c2ccccc2Cl)C(C)CN1. The Labute approximate surface area is 126 Å². The van der Waals surface area contributed by atoms with Crippen molar-refractivity contribution in [2.75, 3.05) is 13.1 Å². The van der Waals surface area contributed by atoms with Gasteiger partial charge < -0.3 is 10.2 Å². The quantitative estimate of drug-likeness (QED) is 0.928. The lowest BCUT2D eigenvalue weighted by Gasteiger charge is -2.39. The molecular formula is C16H23ClN2O. The summed E-state index contributed by atoms with van der Waals surface area (Å²) in [6.07, 6.45) is 1.08. The van der Waals surface area contributed by atoms with Crippen molar-refractivity contribution in [3.8, 4) is 0 Å². The van der Waals surface area contributed by atoms with Crippen LogP contribution in [0.5, 0.6) is 0 Å². The molecule has 1 N–H and O–H groups in total. The Morgan fingerprint density at radius 3 is 2.80 bits per heavy atom. The van der Waals surface area contributed by atoms with Crippen LogP contribution in [0, 0.1) is 5.92 Å². The third-order valence-corrected chi connectivity index (χ3v) is 4.10. The van der Waals surface area contributed by atoms with Gasteiger partial charge in [0.05, 0.1) is 10.6 Å². The van der Waals surface area contributed by atoms with E-state index in [1.54, 1.807) is 12.1 Å². The molecule has 1 heterocycles. The Morgan fingerprint density at radius 2 is 2.15 bits per heavy atom. The molecule has 0 aromatic heterocycles. The number of hydrogen-bond acceptors (Lipinski definition) is 2. The summed E-state index contributed by atoms with van der Waals surface area (Å²) in [5.74, 6) is 0.663. The number of benzene rings is 1. The van der Waals surface area contributed by atoms with Gasteiger partial charge in [-0.1, -0.05) is 37.6 Å². The number of carbonyl (C=O) groups is 1. The van der Waals surface area contributed by atoms with E-state index in [-0.39, 0.29) is 11.9 Å². The van der Waals surface area contributed by atoms with E-state index in [1.807, 2.05) is 17.0 Å². The van der Waals surface area contributed by atoms with Crippen molar-refractivity contribution >= 4 is 17.5 Å². The predicted molar refractivity (Wildman–Crippen MR) is 83.2 cm³/mol. The summed E-state index contributed by atoms with van der Waals surface area (Å²) in [4.78, 5) is 14.6. The number of hydrogen-bond donors (Lipinski definition) is 1. The van der Waals surface area contributed by atoms with Crippen LogP contribution in [0.15, 0.2) is 24.3 Å². The van der Waals surface area contributed by atoms with Crippen molar-refractivity contribution in [3.05, 3.63) is 34.9 Å². The Morgan fingerprint density at radius 1 is 1.45 bits per heavy atom. The van der Waals surface area contributed by atoms with Gasteiger partial charge in [-0.15, -0.1) is 0 Å². The summed E-state index contributed by atoms with van der Waals surface area (Å²) in [5.41, 5.74) is 0.603. The monoisotopic (exact) mass is 294 g/mol. The lowest BCUT2D eigenvalue weighted by Crippen LogP contribution is -2.57. The second kappa shape index (κ2) is 6.59. The standard InChI is InChI=1S/C16H23ClN2O/c1-11(2)8-13-10-19(12(3)9-18-13)16(20)14-6-4-5-7-15(14)17/h4-7,11-13,18H,8-10H2,1-3H3. The van der Waals surface area contributed by atoms with Crippen molar-refractivity contribution in [1.29, 1.82) is 0 Å². The van der Waals surface area contributed by atoms with Crippen molar-refractivity contribution in [2.45, 2.75) is 39.3 Å². The van der Waals surface area contributed by atoms with Crippen molar-refractivity contribution in [1.82, 2.24) is 10.2 Å². The summed E-state index contributed by atoms with van der Waals surface area (Å²) in [7, 11) is 0. The molecule has 1 aliphatic heterocycles. The van der Waals surface area contributed by atoms with Crippen LogP contribution in [0.2, 0.25) is 5.02 Å². The number of nitrogens with one attached hydrogen (secondary N) is 1. The molecule has 0 radical (unpaired) electrons. The van der Waals surface area contributed by atoms with Gasteiger partial charge in [-0.25, -0.2) is 0 Å². The summed E-state index contributed by atoms with van der Waals surface area (Å²) in [6.45, 7) is 8.09. The fourth-order valence-corrected chi connectivity index (χ4v) is 2.95. The molecule has 2 rings (SSSR count). The highest BCUT2D eigenvalue weighted by Gasteiger charge is 2.30. The molecule has 1 fully saturated rings. The van der Waals surface area contributed by atoms with E-state index in [1.165, 1.54) is 0 Å². The third-order valence-electron chi connectivity index (χ3n) is 3.77. The highest BCUT2D eigenvalue weighted by atomic mass is 35.5. The number of rotatable bonds is 3. The molecule has 1 aromatic carbocycles. The molecule has 2 unspecified atom stereocenters. The maximum atomic E-state index is 12.7. The number of halogens is 1. The second-order valence-electron chi connectivity index (χ2n) is 6.02. The zero-order valence-electron chi connectivity index (χ0n) is 12.4. The van der Waals surface area contributed by atoms with E-state index >= 15 is 0 Å². The molecule has 1 aliphatic rings. The first kappa shape index (κ1) is 15.3. The maximum absolute atomic E-state index is 12.7. The molecule has 0 saturated carbocycles. The van der Waals surface area contributed by atoms with Gasteiger partial charge >= 0.3 is 0 Å². The van der Waals surface area contributed by atoms with Crippen LogP contribution in [-0.2, 0) is 0 Å². The number of amides is 1. The van der Waals surface area contributed by atoms with E-state index in [0.717, 1.165) is 19.5 Å². The van der Waals surface area contributed by atoms with Crippen LogP contribution >= 0.6 is 11.6 Å². The van der Waals surface area contributed by atoms with Crippen molar-refractivity contribution in [2.24, 2.45) is 5.92 Å². The molecule has 3 nitrogen and oxygen atoms in total. The van der Waals surface area contributed by atoms with Gasteiger partial charge in [0.15, 0.2) is 0 Å². The minimum absolute atomic E-state index is 0.0401. The number of carbonyl (C=O) groups excluding carboxylic acids is 1. The lowest BCUT2D eigenvalue weighted by molar-refractivity contribution is 0.0595. The molecule has 1 aromatic rings. The lowest BCUT2D eigenvalue weighted by atomic mass is 9.99. The first-order chi connectivity index (χ1) is 9.49. The van der Waals surface area contributed by atoms with Crippen LogP contribution in [-0.4, -0.2) is 36.0 Å². The second-order valence-corrected chi connectivity index (χ2v) is 6.43. The van der Waals surface area contributed by atoms with E-state index in [9.17, 15) is 4.79 Å². The first-order valence-electron chi connectivity index (χ1n) is 7.28. The Balaban J connectivity index is 2.13. The molecule has 0 spiro atoms. The van der Waals surface area contributed by atoms with Crippen molar-refractivity contribution < 1.29 is 4.79 Å². The number of nitrogens with zero attached hydrogens (tertiary/aromatic N) is 1. The van der Waals surface area contributed by atoms with E-state index in [4.69, 9.17) is 11.6 Å².